The smallest absolute Gasteiger partial charge is 0.299 e. The molecule has 2 heterocycles. The molecule has 0 spiro atoms. The number of carbonyl (C=O) groups excluding carboxylic acids is 1. The SMILES string of the molecule is C#CCn1c(=NC(=O)c2cnccn2)sc2cc(OC)ccc21. The molecule has 1 amide bonds. The standard InChI is InChI=1S/C16H12N4O2S/c1-3-8-20-13-5-4-11(22-2)9-14(13)23-16(20)19-15(21)12-10-17-6-7-18-12/h1,4-7,9-10H,8H2,2H3. The lowest BCUT2D eigenvalue weighted by atomic mass is 10.3. The van der Waals surface area contributed by atoms with E-state index in [4.69, 9.17) is 11.2 Å². The van der Waals surface area contributed by atoms with E-state index in [0.717, 1.165) is 16.0 Å². The molecule has 3 rings (SSSR count). The number of benzene rings is 1. The van der Waals surface area contributed by atoms with Crippen LogP contribution in [-0.4, -0.2) is 27.6 Å². The van der Waals surface area contributed by atoms with Gasteiger partial charge in [-0.15, -0.1) is 6.42 Å². The van der Waals surface area contributed by atoms with Crippen molar-refractivity contribution in [1.82, 2.24) is 14.5 Å². The first kappa shape index (κ1) is 14.9. The van der Waals surface area contributed by atoms with Crippen molar-refractivity contribution in [3.05, 3.63) is 47.3 Å². The molecule has 0 aliphatic rings. The molecule has 0 atom stereocenters. The number of fused-ring (bicyclic) bond motifs is 1. The summed E-state index contributed by atoms with van der Waals surface area (Å²) in [4.78, 5) is 24.7. The van der Waals surface area contributed by atoms with Crippen LogP contribution in [0.2, 0.25) is 0 Å². The van der Waals surface area contributed by atoms with E-state index >= 15 is 0 Å². The van der Waals surface area contributed by atoms with Crippen molar-refractivity contribution in [2.75, 3.05) is 7.11 Å². The topological polar surface area (TPSA) is 69.4 Å². The molecule has 0 fully saturated rings. The number of aromatic nitrogens is 3. The summed E-state index contributed by atoms with van der Waals surface area (Å²) in [5, 5.41) is 0. The number of methoxy groups -OCH3 is 1. The molecule has 0 saturated heterocycles. The van der Waals surface area contributed by atoms with Gasteiger partial charge in [-0.1, -0.05) is 17.3 Å². The van der Waals surface area contributed by atoms with Crippen LogP contribution in [0.3, 0.4) is 0 Å². The second-order valence-corrected chi connectivity index (χ2v) is 5.53. The number of carbonyl (C=O) groups is 1. The molecular weight excluding hydrogens is 312 g/mol. The van der Waals surface area contributed by atoms with E-state index in [9.17, 15) is 4.79 Å². The third kappa shape index (κ3) is 2.98. The molecular formula is C16H12N4O2S. The Morgan fingerprint density at radius 1 is 1.48 bits per heavy atom. The third-order valence-electron chi connectivity index (χ3n) is 3.12. The zero-order valence-electron chi connectivity index (χ0n) is 12.3. The number of rotatable bonds is 3. The average Bonchev–Trinajstić information content (AvgIpc) is 2.92. The van der Waals surface area contributed by atoms with Crippen molar-refractivity contribution in [1.29, 1.82) is 0 Å². The van der Waals surface area contributed by atoms with Gasteiger partial charge in [0, 0.05) is 12.4 Å². The van der Waals surface area contributed by atoms with Gasteiger partial charge < -0.3 is 9.30 Å². The van der Waals surface area contributed by atoms with Crippen molar-refractivity contribution in [3.63, 3.8) is 0 Å². The summed E-state index contributed by atoms with van der Waals surface area (Å²) in [6.45, 7) is 0.318. The monoisotopic (exact) mass is 324 g/mol. The second kappa shape index (κ2) is 6.42. The minimum atomic E-state index is -0.456. The fraction of sp³-hybridized carbons (Fsp3) is 0.125. The van der Waals surface area contributed by atoms with Crippen molar-refractivity contribution >= 4 is 27.5 Å². The average molecular weight is 324 g/mol. The predicted octanol–water partition coefficient (Wildman–Crippen LogP) is 1.88. The number of ether oxygens (including phenoxy) is 1. The summed E-state index contributed by atoms with van der Waals surface area (Å²) in [6.07, 6.45) is 9.77. The summed E-state index contributed by atoms with van der Waals surface area (Å²) in [5.74, 6) is 2.86. The Balaban J connectivity index is 2.16. The van der Waals surface area contributed by atoms with Crippen LogP contribution >= 0.6 is 11.3 Å². The molecule has 3 aromatic rings. The van der Waals surface area contributed by atoms with Gasteiger partial charge in [0.15, 0.2) is 4.80 Å². The van der Waals surface area contributed by atoms with E-state index in [-0.39, 0.29) is 5.69 Å². The minimum Gasteiger partial charge on any atom is -0.497 e. The van der Waals surface area contributed by atoms with Crippen LogP contribution in [0.15, 0.2) is 41.8 Å². The maximum atomic E-state index is 12.2. The quantitative estimate of drug-likeness (QED) is 0.690. The van der Waals surface area contributed by atoms with Crippen LogP contribution in [0.5, 0.6) is 5.75 Å². The summed E-state index contributed by atoms with van der Waals surface area (Å²) < 4.78 is 7.97. The zero-order chi connectivity index (χ0) is 16.2. The number of amides is 1. The Morgan fingerprint density at radius 3 is 3.04 bits per heavy atom. The molecule has 0 radical (unpaired) electrons. The van der Waals surface area contributed by atoms with Crippen LogP contribution in [0.25, 0.3) is 10.2 Å². The van der Waals surface area contributed by atoms with E-state index in [0.29, 0.717) is 11.3 Å². The van der Waals surface area contributed by atoms with E-state index in [2.05, 4.69) is 20.9 Å². The van der Waals surface area contributed by atoms with Crippen LogP contribution < -0.4 is 9.54 Å². The summed E-state index contributed by atoms with van der Waals surface area (Å²) in [5.41, 5.74) is 1.09. The highest BCUT2D eigenvalue weighted by molar-refractivity contribution is 7.16. The Kier molecular flexibility index (Phi) is 4.17. The first-order valence-electron chi connectivity index (χ1n) is 6.69. The van der Waals surface area contributed by atoms with Gasteiger partial charge in [-0.05, 0) is 18.2 Å². The lowest BCUT2D eigenvalue weighted by Gasteiger charge is -2.01. The number of hydrogen-bond donors (Lipinski definition) is 0. The first-order chi connectivity index (χ1) is 11.2. The molecule has 7 heteroatoms. The van der Waals surface area contributed by atoms with Crippen LogP contribution in [0.4, 0.5) is 0 Å². The van der Waals surface area contributed by atoms with Crippen molar-refractivity contribution in [3.8, 4) is 18.1 Å². The molecule has 0 aliphatic heterocycles. The highest BCUT2D eigenvalue weighted by atomic mass is 32.1. The minimum absolute atomic E-state index is 0.190. The zero-order valence-corrected chi connectivity index (χ0v) is 13.1. The first-order valence-corrected chi connectivity index (χ1v) is 7.50. The van der Waals surface area contributed by atoms with Gasteiger partial charge in [-0.3, -0.25) is 9.78 Å². The fourth-order valence-electron chi connectivity index (χ4n) is 2.06. The highest BCUT2D eigenvalue weighted by Gasteiger charge is 2.10. The summed E-state index contributed by atoms with van der Waals surface area (Å²) in [7, 11) is 1.60. The molecule has 6 nitrogen and oxygen atoms in total. The molecule has 0 bridgehead atoms. The Labute approximate surface area is 136 Å². The Bertz CT molecular complexity index is 967. The van der Waals surface area contributed by atoms with E-state index < -0.39 is 5.91 Å². The Hall–Kier alpha value is -2.98. The lowest BCUT2D eigenvalue weighted by molar-refractivity contribution is 0.0993. The lowest BCUT2D eigenvalue weighted by Crippen LogP contribution is -2.16. The number of nitrogens with zero attached hydrogens (tertiary/aromatic N) is 4. The van der Waals surface area contributed by atoms with Crippen LogP contribution in [-0.2, 0) is 6.54 Å². The number of terminal acetylenes is 1. The van der Waals surface area contributed by atoms with Crippen molar-refractivity contribution in [2.45, 2.75) is 6.54 Å². The number of hydrogen-bond acceptors (Lipinski definition) is 5. The second-order valence-electron chi connectivity index (χ2n) is 4.52. The maximum Gasteiger partial charge on any atom is 0.299 e. The largest absolute Gasteiger partial charge is 0.497 e. The molecule has 114 valence electrons. The molecule has 1 aromatic carbocycles. The molecule has 2 aromatic heterocycles. The fourth-order valence-corrected chi connectivity index (χ4v) is 3.12. The van der Waals surface area contributed by atoms with Gasteiger partial charge in [-0.2, -0.15) is 4.99 Å². The van der Waals surface area contributed by atoms with Gasteiger partial charge in [0.1, 0.15) is 11.4 Å². The summed E-state index contributed by atoms with van der Waals surface area (Å²) >= 11 is 1.37. The van der Waals surface area contributed by atoms with E-state index in [1.165, 1.54) is 29.9 Å². The Morgan fingerprint density at radius 2 is 2.35 bits per heavy atom. The molecule has 0 saturated carbocycles. The van der Waals surface area contributed by atoms with Crippen molar-refractivity contribution < 1.29 is 9.53 Å². The molecule has 0 aliphatic carbocycles. The van der Waals surface area contributed by atoms with Crippen molar-refractivity contribution in [2.24, 2.45) is 4.99 Å². The normalized spacial score (nSPS) is 11.4. The van der Waals surface area contributed by atoms with E-state index in [1.807, 2.05) is 22.8 Å². The van der Waals surface area contributed by atoms with Crippen LogP contribution in [0.1, 0.15) is 10.5 Å². The highest BCUT2D eigenvalue weighted by Crippen LogP contribution is 2.23. The van der Waals surface area contributed by atoms with Gasteiger partial charge in [-0.25, -0.2) is 4.98 Å². The van der Waals surface area contributed by atoms with Gasteiger partial charge in [0.25, 0.3) is 5.91 Å². The van der Waals surface area contributed by atoms with Gasteiger partial charge >= 0.3 is 0 Å². The molecule has 0 unspecified atom stereocenters. The maximum absolute atomic E-state index is 12.2. The van der Waals surface area contributed by atoms with Gasteiger partial charge in [0.05, 0.1) is 30.1 Å². The molecule has 23 heavy (non-hydrogen) atoms. The van der Waals surface area contributed by atoms with Gasteiger partial charge in [0.2, 0.25) is 0 Å². The number of thiazole rings is 1. The predicted molar refractivity (Wildman–Crippen MR) is 87.1 cm³/mol. The van der Waals surface area contributed by atoms with E-state index in [1.54, 1.807) is 7.11 Å². The summed E-state index contributed by atoms with van der Waals surface area (Å²) in [6, 6.07) is 5.63. The van der Waals surface area contributed by atoms with Crippen LogP contribution in [0, 0.1) is 12.3 Å². The third-order valence-corrected chi connectivity index (χ3v) is 4.16. The molecule has 0 N–H and O–H groups in total.